The Morgan fingerprint density at radius 1 is 1.24 bits per heavy atom. The maximum Gasteiger partial charge on any atom is 0.224 e. The number of hydrogen-bond donors (Lipinski definition) is 1. The maximum absolute atomic E-state index is 5.35. The second kappa shape index (κ2) is 8.14. The van der Waals surface area contributed by atoms with E-state index in [2.05, 4.69) is 38.9 Å². The highest BCUT2D eigenvalue weighted by molar-refractivity contribution is 5.44. The summed E-state index contributed by atoms with van der Waals surface area (Å²) in [6.07, 6.45) is 0. The zero-order chi connectivity index (χ0) is 15.1. The molecule has 2 heterocycles. The molecule has 0 spiro atoms. The van der Waals surface area contributed by atoms with Crippen molar-refractivity contribution in [3.05, 3.63) is 11.8 Å². The van der Waals surface area contributed by atoms with Crippen molar-refractivity contribution in [1.82, 2.24) is 14.9 Å². The van der Waals surface area contributed by atoms with Crippen LogP contribution in [0.1, 0.15) is 19.5 Å². The summed E-state index contributed by atoms with van der Waals surface area (Å²) in [7, 11) is 0. The van der Waals surface area contributed by atoms with Gasteiger partial charge in [-0.3, -0.25) is 4.90 Å². The fourth-order valence-electron chi connectivity index (χ4n) is 2.49. The molecule has 0 aliphatic carbocycles. The average Bonchev–Trinajstić information content (AvgIpc) is 2.49. The Labute approximate surface area is 127 Å². The lowest BCUT2D eigenvalue weighted by molar-refractivity contribution is 0.0398. The number of nitrogens with one attached hydrogen (secondary N) is 1. The number of nitrogens with zero attached hydrogens (tertiary/aromatic N) is 4. The normalized spacial score (nSPS) is 16.0. The number of aryl methyl sites for hydroxylation is 1. The number of hydrogen-bond acceptors (Lipinski definition) is 6. The second-order valence-corrected chi connectivity index (χ2v) is 5.24. The summed E-state index contributed by atoms with van der Waals surface area (Å²) in [6, 6.07) is 2.04. The third kappa shape index (κ3) is 4.82. The first-order chi connectivity index (χ1) is 10.2. The van der Waals surface area contributed by atoms with Crippen LogP contribution in [0.5, 0.6) is 0 Å². The molecule has 1 aliphatic rings. The van der Waals surface area contributed by atoms with Crippen LogP contribution in [0.25, 0.3) is 0 Å². The largest absolute Gasteiger partial charge is 0.379 e. The van der Waals surface area contributed by atoms with E-state index in [1.54, 1.807) is 0 Å². The van der Waals surface area contributed by atoms with E-state index in [-0.39, 0.29) is 0 Å². The Balaban J connectivity index is 1.90. The highest BCUT2D eigenvalue weighted by Crippen LogP contribution is 2.14. The Kier molecular flexibility index (Phi) is 6.20. The molecule has 0 radical (unpaired) electrons. The molecule has 6 nitrogen and oxygen atoms in total. The molecule has 0 saturated carbocycles. The van der Waals surface area contributed by atoms with Gasteiger partial charge in [-0.2, -0.15) is 4.98 Å². The van der Waals surface area contributed by atoms with Crippen LogP contribution < -0.4 is 10.2 Å². The molecule has 0 amide bonds. The smallest absolute Gasteiger partial charge is 0.224 e. The summed E-state index contributed by atoms with van der Waals surface area (Å²) < 4.78 is 5.35. The standard InChI is InChI=1S/C15H27N5O/c1-4-20(5-2)14-12-13(3)17-15(18-14)16-6-7-19-8-10-21-11-9-19/h12H,4-11H2,1-3H3,(H,16,17,18). The lowest BCUT2D eigenvalue weighted by Crippen LogP contribution is -2.39. The molecule has 1 saturated heterocycles. The van der Waals surface area contributed by atoms with Gasteiger partial charge in [-0.05, 0) is 20.8 Å². The Bertz CT molecular complexity index is 430. The molecule has 1 N–H and O–H groups in total. The number of anilines is 2. The Morgan fingerprint density at radius 2 is 1.95 bits per heavy atom. The van der Waals surface area contributed by atoms with E-state index in [1.165, 1.54) is 0 Å². The fourth-order valence-corrected chi connectivity index (χ4v) is 2.49. The van der Waals surface area contributed by atoms with Crippen molar-refractivity contribution in [2.45, 2.75) is 20.8 Å². The molecule has 2 rings (SSSR count). The van der Waals surface area contributed by atoms with Gasteiger partial charge >= 0.3 is 0 Å². The van der Waals surface area contributed by atoms with Crippen molar-refractivity contribution in [3.8, 4) is 0 Å². The third-order valence-electron chi connectivity index (χ3n) is 3.74. The molecule has 0 unspecified atom stereocenters. The molecule has 0 atom stereocenters. The van der Waals surface area contributed by atoms with E-state index in [9.17, 15) is 0 Å². The van der Waals surface area contributed by atoms with Crippen LogP contribution in [-0.2, 0) is 4.74 Å². The Morgan fingerprint density at radius 3 is 2.62 bits per heavy atom. The first-order valence-electron chi connectivity index (χ1n) is 7.87. The monoisotopic (exact) mass is 293 g/mol. The van der Waals surface area contributed by atoms with Gasteiger partial charge in [0.05, 0.1) is 13.2 Å². The number of ether oxygens (including phenoxy) is 1. The van der Waals surface area contributed by atoms with E-state index in [4.69, 9.17) is 4.74 Å². The minimum atomic E-state index is 0.727. The molecule has 1 aliphatic heterocycles. The summed E-state index contributed by atoms with van der Waals surface area (Å²) in [5.74, 6) is 1.73. The first-order valence-corrected chi connectivity index (χ1v) is 7.87. The average molecular weight is 293 g/mol. The maximum atomic E-state index is 5.35. The zero-order valence-electron chi connectivity index (χ0n) is 13.4. The van der Waals surface area contributed by atoms with Gasteiger partial charge in [0.15, 0.2) is 0 Å². The number of aromatic nitrogens is 2. The van der Waals surface area contributed by atoms with Gasteiger partial charge in [-0.15, -0.1) is 0 Å². The summed E-state index contributed by atoms with van der Waals surface area (Å²) in [4.78, 5) is 13.7. The van der Waals surface area contributed by atoms with Crippen LogP contribution in [0.2, 0.25) is 0 Å². The van der Waals surface area contributed by atoms with Gasteiger partial charge in [0.2, 0.25) is 5.95 Å². The van der Waals surface area contributed by atoms with Crippen LogP contribution in [0.15, 0.2) is 6.07 Å². The van der Waals surface area contributed by atoms with Crippen LogP contribution in [0.4, 0.5) is 11.8 Å². The van der Waals surface area contributed by atoms with E-state index >= 15 is 0 Å². The van der Waals surface area contributed by atoms with Crippen molar-refractivity contribution in [2.24, 2.45) is 0 Å². The minimum Gasteiger partial charge on any atom is -0.379 e. The molecule has 1 aromatic heterocycles. The lowest BCUT2D eigenvalue weighted by atomic mass is 10.4. The molecule has 1 fully saturated rings. The van der Waals surface area contributed by atoms with E-state index in [0.29, 0.717) is 0 Å². The van der Waals surface area contributed by atoms with Crippen molar-refractivity contribution >= 4 is 11.8 Å². The van der Waals surface area contributed by atoms with Gasteiger partial charge in [0.1, 0.15) is 5.82 Å². The third-order valence-corrected chi connectivity index (χ3v) is 3.74. The lowest BCUT2D eigenvalue weighted by Gasteiger charge is -2.26. The first kappa shape index (κ1) is 16.0. The molecule has 21 heavy (non-hydrogen) atoms. The van der Waals surface area contributed by atoms with Crippen molar-refractivity contribution in [2.75, 3.05) is 62.7 Å². The molecule has 1 aromatic rings. The topological polar surface area (TPSA) is 53.5 Å². The quantitative estimate of drug-likeness (QED) is 0.819. The van der Waals surface area contributed by atoms with E-state index in [1.807, 2.05) is 13.0 Å². The SMILES string of the molecule is CCN(CC)c1cc(C)nc(NCCN2CCOCC2)n1. The minimum absolute atomic E-state index is 0.727. The van der Waals surface area contributed by atoms with Crippen LogP contribution in [-0.4, -0.2) is 67.4 Å². The van der Waals surface area contributed by atoms with Crippen molar-refractivity contribution < 1.29 is 4.74 Å². The number of rotatable bonds is 7. The van der Waals surface area contributed by atoms with Gasteiger partial charge in [0.25, 0.3) is 0 Å². The molecule has 118 valence electrons. The van der Waals surface area contributed by atoms with E-state index in [0.717, 1.165) is 69.9 Å². The predicted molar refractivity (Wildman–Crippen MR) is 86.1 cm³/mol. The second-order valence-electron chi connectivity index (χ2n) is 5.24. The van der Waals surface area contributed by atoms with Gasteiger partial charge < -0.3 is 15.0 Å². The van der Waals surface area contributed by atoms with Crippen molar-refractivity contribution in [1.29, 1.82) is 0 Å². The van der Waals surface area contributed by atoms with Crippen LogP contribution in [0, 0.1) is 6.92 Å². The highest BCUT2D eigenvalue weighted by atomic mass is 16.5. The Hall–Kier alpha value is -1.40. The predicted octanol–water partition coefficient (Wildman–Crippen LogP) is 1.38. The highest BCUT2D eigenvalue weighted by Gasteiger charge is 2.10. The van der Waals surface area contributed by atoms with E-state index < -0.39 is 0 Å². The zero-order valence-corrected chi connectivity index (χ0v) is 13.4. The molecule has 6 heteroatoms. The van der Waals surface area contributed by atoms with Crippen LogP contribution >= 0.6 is 0 Å². The summed E-state index contributed by atoms with van der Waals surface area (Å²) in [6.45, 7) is 13.8. The fraction of sp³-hybridized carbons (Fsp3) is 0.733. The van der Waals surface area contributed by atoms with Gasteiger partial charge in [0, 0.05) is 51.0 Å². The molecular weight excluding hydrogens is 266 g/mol. The molecule has 0 bridgehead atoms. The summed E-state index contributed by atoms with van der Waals surface area (Å²) >= 11 is 0. The summed E-state index contributed by atoms with van der Waals surface area (Å²) in [5.41, 5.74) is 1.00. The summed E-state index contributed by atoms with van der Waals surface area (Å²) in [5, 5.41) is 3.34. The van der Waals surface area contributed by atoms with Gasteiger partial charge in [-0.1, -0.05) is 0 Å². The van der Waals surface area contributed by atoms with Crippen LogP contribution in [0.3, 0.4) is 0 Å². The molecular formula is C15H27N5O. The number of morpholine rings is 1. The van der Waals surface area contributed by atoms with Crippen molar-refractivity contribution in [3.63, 3.8) is 0 Å². The molecule has 0 aromatic carbocycles. The van der Waals surface area contributed by atoms with Gasteiger partial charge in [-0.25, -0.2) is 4.98 Å².